The van der Waals surface area contributed by atoms with E-state index >= 15 is 0 Å². The number of benzene rings is 1. The summed E-state index contributed by atoms with van der Waals surface area (Å²) in [6.45, 7) is 0. The summed E-state index contributed by atoms with van der Waals surface area (Å²) in [5, 5.41) is 4.92. The van der Waals surface area contributed by atoms with Crippen molar-refractivity contribution in [2.24, 2.45) is 0 Å². The molecule has 0 fully saturated rings. The fourth-order valence-corrected chi connectivity index (χ4v) is 4.17. The number of hydrogen-bond acceptors (Lipinski definition) is 7. The molecule has 130 valence electrons. The fourth-order valence-electron chi connectivity index (χ4n) is 1.87. The standard InChI is InChI=1S/C14H11BrClN5O2S2/c15-12-6-5-11(7-18-12)25(22,23)21-13(17)19-14(20-21)24-8-9-1-3-10(16)4-2-9/h1-7H,8H2,(H2,17,19,20). The average molecular weight is 461 g/mol. The summed E-state index contributed by atoms with van der Waals surface area (Å²) in [6.07, 6.45) is 1.22. The zero-order chi connectivity index (χ0) is 18.0. The molecule has 2 aromatic heterocycles. The first-order valence-electron chi connectivity index (χ1n) is 6.83. The minimum Gasteiger partial charge on any atom is -0.367 e. The van der Waals surface area contributed by atoms with Gasteiger partial charge in [0.05, 0.1) is 0 Å². The molecule has 0 aliphatic heterocycles. The van der Waals surface area contributed by atoms with Crippen LogP contribution in [0.3, 0.4) is 0 Å². The van der Waals surface area contributed by atoms with Gasteiger partial charge in [-0.2, -0.15) is 13.4 Å². The second-order valence-electron chi connectivity index (χ2n) is 4.83. The van der Waals surface area contributed by atoms with Gasteiger partial charge in [0.15, 0.2) is 0 Å². The third kappa shape index (κ3) is 4.14. The van der Waals surface area contributed by atoms with E-state index in [4.69, 9.17) is 17.3 Å². The van der Waals surface area contributed by atoms with Crippen LogP contribution in [0.15, 0.2) is 57.3 Å². The van der Waals surface area contributed by atoms with Crippen LogP contribution in [0.2, 0.25) is 5.02 Å². The third-order valence-electron chi connectivity index (χ3n) is 3.09. The van der Waals surface area contributed by atoms with Gasteiger partial charge in [-0.05, 0) is 45.8 Å². The summed E-state index contributed by atoms with van der Waals surface area (Å²) in [6, 6.07) is 10.2. The Bertz CT molecular complexity index is 991. The van der Waals surface area contributed by atoms with Crippen LogP contribution in [0.5, 0.6) is 0 Å². The van der Waals surface area contributed by atoms with Gasteiger partial charge in [0, 0.05) is 17.0 Å². The van der Waals surface area contributed by atoms with Crippen LogP contribution in [0.25, 0.3) is 0 Å². The molecule has 0 amide bonds. The van der Waals surface area contributed by atoms with Gasteiger partial charge in [0.25, 0.3) is 10.0 Å². The number of hydrogen-bond donors (Lipinski definition) is 1. The highest BCUT2D eigenvalue weighted by Gasteiger charge is 2.23. The van der Waals surface area contributed by atoms with Gasteiger partial charge in [0.2, 0.25) is 11.1 Å². The highest BCUT2D eigenvalue weighted by molar-refractivity contribution is 9.10. The summed E-state index contributed by atoms with van der Waals surface area (Å²) in [7, 11) is -3.95. The molecule has 0 spiro atoms. The number of rotatable bonds is 5. The van der Waals surface area contributed by atoms with E-state index in [0.717, 1.165) is 5.56 Å². The van der Waals surface area contributed by atoms with E-state index in [9.17, 15) is 8.42 Å². The van der Waals surface area contributed by atoms with Crippen molar-refractivity contribution in [2.75, 3.05) is 5.73 Å². The molecule has 2 heterocycles. The van der Waals surface area contributed by atoms with Crippen LogP contribution in [-0.2, 0) is 15.8 Å². The molecular formula is C14H11BrClN5O2S2. The topological polar surface area (TPSA) is 104 Å². The predicted molar refractivity (Wildman–Crippen MR) is 100.0 cm³/mol. The summed E-state index contributed by atoms with van der Waals surface area (Å²) < 4.78 is 26.4. The SMILES string of the molecule is Nc1nc(SCc2ccc(Cl)cc2)nn1S(=O)(=O)c1ccc(Br)nc1. The molecule has 0 radical (unpaired) electrons. The number of pyridine rings is 1. The molecule has 0 saturated heterocycles. The van der Waals surface area contributed by atoms with Gasteiger partial charge in [-0.15, -0.1) is 9.19 Å². The molecule has 25 heavy (non-hydrogen) atoms. The normalized spacial score (nSPS) is 11.6. The number of nitrogens with zero attached hydrogens (tertiary/aromatic N) is 4. The maximum atomic E-state index is 12.6. The zero-order valence-corrected chi connectivity index (χ0v) is 16.5. The molecule has 1 aromatic carbocycles. The maximum Gasteiger partial charge on any atom is 0.287 e. The molecule has 0 aliphatic rings. The van der Waals surface area contributed by atoms with Crippen molar-refractivity contribution in [2.45, 2.75) is 15.8 Å². The van der Waals surface area contributed by atoms with Gasteiger partial charge in [0.1, 0.15) is 9.50 Å². The molecule has 0 aliphatic carbocycles. The van der Waals surface area contributed by atoms with Crippen LogP contribution in [-0.4, -0.2) is 27.6 Å². The monoisotopic (exact) mass is 459 g/mol. The van der Waals surface area contributed by atoms with Crippen LogP contribution in [0.4, 0.5) is 5.95 Å². The highest BCUT2D eigenvalue weighted by atomic mass is 79.9. The van der Waals surface area contributed by atoms with E-state index in [2.05, 4.69) is 31.0 Å². The Morgan fingerprint density at radius 1 is 1.20 bits per heavy atom. The molecule has 0 unspecified atom stereocenters. The fraction of sp³-hybridized carbons (Fsp3) is 0.0714. The zero-order valence-electron chi connectivity index (χ0n) is 12.5. The summed E-state index contributed by atoms with van der Waals surface area (Å²) >= 11 is 10.3. The minimum absolute atomic E-state index is 0.0263. The van der Waals surface area contributed by atoms with Gasteiger partial charge >= 0.3 is 0 Å². The molecule has 0 atom stereocenters. The quantitative estimate of drug-likeness (QED) is 0.460. The molecule has 11 heteroatoms. The lowest BCUT2D eigenvalue weighted by molar-refractivity contribution is 0.579. The minimum atomic E-state index is -3.95. The molecular weight excluding hydrogens is 450 g/mol. The Balaban J connectivity index is 1.82. The number of thioether (sulfide) groups is 1. The van der Waals surface area contributed by atoms with Crippen molar-refractivity contribution < 1.29 is 8.42 Å². The Hall–Kier alpha value is -1.62. The first-order chi connectivity index (χ1) is 11.9. The summed E-state index contributed by atoms with van der Waals surface area (Å²) in [4.78, 5) is 7.89. The van der Waals surface area contributed by atoms with E-state index in [1.54, 1.807) is 12.1 Å². The first-order valence-corrected chi connectivity index (χ1v) is 10.4. The highest BCUT2D eigenvalue weighted by Crippen LogP contribution is 2.24. The van der Waals surface area contributed by atoms with E-state index in [-0.39, 0.29) is 16.0 Å². The van der Waals surface area contributed by atoms with Crippen LogP contribution < -0.4 is 5.73 Å². The molecule has 2 N–H and O–H groups in total. The second-order valence-corrected chi connectivity index (χ2v) is 8.79. The van der Waals surface area contributed by atoms with Crippen molar-refractivity contribution in [3.8, 4) is 0 Å². The second kappa shape index (κ2) is 7.32. The van der Waals surface area contributed by atoms with E-state index in [1.807, 2.05) is 12.1 Å². The lowest BCUT2D eigenvalue weighted by atomic mass is 10.2. The van der Waals surface area contributed by atoms with Crippen LogP contribution in [0.1, 0.15) is 5.56 Å². The van der Waals surface area contributed by atoms with Gasteiger partial charge < -0.3 is 5.73 Å². The predicted octanol–water partition coefficient (Wildman–Crippen LogP) is 3.20. The van der Waals surface area contributed by atoms with Gasteiger partial charge in [-0.3, -0.25) is 0 Å². The van der Waals surface area contributed by atoms with Crippen molar-refractivity contribution in [1.82, 2.24) is 19.2 Å². The molecule has 0 saturated carbocycles. The Labute approximate surface area is 161 Å². The maximum absolute atomic E-state index is 12.6. The Kier molecular flexibility index (Phi) is 5.32. The largest absolute Gasteiger partial charge is 0.367 e. The van der Waals surface area contributed by atoms with Crippen LogP contribution >= 0.6 is 39.3 Å². The number of aromatic nitrogens is 4. The lowest BCUT2D eigenvalue weighted by Crippen LogP contribution is -2.17. The van der Waals surface area contributed by atoms with E-state index < -0.39 is 10.0 Å². The third-order valence-corrected chi connectivity index (χ3v) is 6.28. The lowest BCUT2D eigenvalue weighted by Gasteiger charge is -2.04. The van der Waals surface area contributed by atoms with Crippen molar-refractivity contribution in [3.63, 3.8) is 0 Å². The summed E-state index contributed by atoms with van der Waals surface area (Å²) in [5.41, 5.74) is 6.74. The Morgan fingerprint density at radius 3 is 2.56 bits per heavy atom. The summed E-state index contributed by atoms with van der Waals surface area (Å²) in [5.74, 6) is 0.349. The molecule has 3 aromatic rings. The molecule has 7 nitrogen and oxygen atoms in total. The van der Waals surface area contributed by atoms with Crippen molar-refractivity contribution in [1.29, 1.82) is 0 Å². The average Bonchev–Trinajstić information content (AvgIpc) is 2.96. The van der Waals surface area contributed by atoms with E-state index in [0.29, 0.717) is 19.5 Å². The van der Waals surface area contributed by atoms with Crippen LogP contribution in [0, 0.1) is 0 Å². The van der Waals surface area contributed by atoms with Gasteiger partial charge in [-0.1, -0.05) is 35.5 Å². The Morgan fingerprint density at radius 2 is 1.92 bits per heavy atom. The van der Waals surface area contributed by atoms with Crippen molar-refractivity contribution in [3.05, 3.63) is 57.8 Å². The number of nitrogen functional groups attached to an aromatic ring is 1. The van der Waals surface area contributed by atoms with E-state index in [1.165, 1.54) is 30.1 Å². The number of anilines is 1. The number of halogens is 2. The van der Waals surface area contributed by atoms with Crippen molar-refractivity contribution >= 4 is 55.3 Å². The molecule has 3 rings (SSSR count). The first kappa shape index (κ1) is 18.2. The molecule has 0 bridgehead atoms. The smallest absolute Gasteiger partial charge is 0.287 e. The number of nitrogens with two attached hydrogens (primary N) is 1. The van der Waals surface area contributed by atoms with Gasteiger partial charge in [-0.25, -0.2) is 4.98 Å².